The van der Waals surface area contributed by atoms with Crippen molar-refractivity contribution in [1.82, 2.24) is 9.55 Å². The van der Waals surface area contributed by atoms with E-state index in [-0.39, 0.29) is 31.1 Å². The number of nitrogens with zero attached hydrogens (tertiary/aromatic N) is 1. The molecule has 1 aliphatic rings. The van der Waals surface area contributed by atoms with Crippen LogP contribution in [0.5, 0.6) is 0 Å². The van der Waals surface area contributed by atoms with Crippen LogP contribution in [-0.4, -0.2) is 46.4 Å². The van der Waals surface area contributed by atoms with E-state index in [9.17, 15) is 19.2 Å². The van der Waals surface area contributed by atoms with Crippen molar-refractivity contribution < 1.29 is 24.2 Å². The number of ether oxygens (including phenoxy) is 2. The van der Waals surface area contributed by atoms with Gasteiger partial charge in [0.05, 0.1) is 18.7 Å². The molecule has 188 valence electrons. The average molecular weight is 494 g/mol. The topological polar surface area (TPSA) is 154 Å². The fourth-order valence-electron chi connectivity index (χ4n) is 4.48. The van der Waals surface area contributed by atoms with Crippen molar-refractivity contribution in [2.75, 3.05) is 19.8 Å². The number of fused-ring (bicyclic) bond motifs is 3. The van der Waals surface area contributed by atoms with Gasteiger partial charge in [0.15, 0.2) is 0 Å². The first kappa shape index (κ1) is 25.1. The zero-order chi connectivity index (χ0) is 25.8. The maximum absolute atomic E-state index is 13.1. The van der Waals surface area contributed by atoms with Crippen LogP contribution < -0.4 is 17.0 Å². The third-order valence-electron chi connectivity index (χ3n) is 6.26. The zero-order valence-electron chi connectivity index (χ0n) is 19.7. The average Bonchev–Trinajstić information content (AvgIpc) is 3.17. The number of hydrogen-bond acceptors (Lipinski definition) is 7. The molecule has 0 bridgehead atoms. The van der Waals surface area contributed by atoms with E-state index in [0.29, 0.717) is 0 Å². The zero-order valence-corrected chi connectivity index (χ0v) is 19.7. The molecule has 1 aromatic heterocycles. The fourth-order valence-corrected chi connectivity index (χ4v) is 4.48. The summed E-state index contributed by atoms with van der Waals surface area (Å²) in [6, 6.07) is 15.9. The molecule has 0 saturated carbocycles. The van der Waals surface area contributed by atoms with E-state index in [0.717, 1.165) is 26.8 Å². The highest BCUT2D eigenvalue weighted by molar-refractivity contribution is 5.79. The van der Waals surface area contributed by atoms with E-state index in [2.05, 4.69) is 4.98 Å². The van der Waals surface area contributed by atoms with Crippen LogP contribution in [0.3, 0.4) is 0 Å². The third-order valence-corrected chi connectivity index (χ3v) is 6.26. The molecule has 0 fully saturated rings. The summed E-state index contributed by atoms with van der Waals surface area (Å²) >= 11 is 0. The van der Waals surface area contributed by atoms with Crippen LogP contribution in [0.1, 0.15) is 35.2 Å². The summed E-state index contributed by atoms with van der Waals surface area (Å²) in [5.41, 5.74) is 9.52. The van der Waals surface area contributed by atoms with E-state index in [1.165, 1.54) is 13.1 Å². The molecule has 0 amide bonds. The first-order chi connectivity index (χ1) is 17.3. The van der Waals surface area contributed by atoms with Crippen molar-refractivity contribution in [1.29, 1.82) is 0 Å². The number of esters is 1. The van der Waals surface area contributed by atoms with Crippen LogP contribution in [0.25, 0.3) is 11.1 Å². The Bertz CT molecular complexity index is 1350. The van der Waals surface area contributed by atoms with Crippen molar-refractivity contribution in [3.8, 4) is 11.1 Å². The van der Waals surface area contributed by atoms with Gasteiger partial charge in [-0.2, -0.15) is 0 Å². The Labute approximate surface area is 206 Å². The van der Waals surface area contributed by atoms with Crippen LogP contribution in [0, 0.1) is 12.8 Å². The number of aromatic nitrogens is 2. The summed E-state index contributed by atoms with van der Waals surface area (Å²) in [5.74, 6) is -2.89. The molecule has 0 radical (unpaired) electrons. The number of hydrogen-bond donors (Lipinski definition) is 3. The summed E-state index contributed by atoms with van der Waals surface area (Å²) in [7, 11) is 0. The standard InChI is InChI=1S/C26H27N3O7/c1-15-11-29(26(34)28-24(15)32)22(27)10-16(12-35-14-23(30)31)25(33)36-13-21-19-8-4-2-6-17(19)18-7-3-5-9-20(18)21/h2-9,11,16,21-22H,10,12-14,27H2,1H3,(H,30,31)(H,28,32,34)/t16-,22?/m0/s1. The number of nitrogens with two attached hydrogens (primary N) is 1. The maximum atomic E-state index is 13.1. The second kappa shape index (κ2) is 10.7. The summed E-state index contributed by atoms with van der Waals surface area (Å²) in [6.45, 7) is 0.754. The molecule has 10 nitrogen and oxygen atoms in total. The Morgan fingerprint density at radius 3 is 2.31 bits per heavy atom. The number of rotatable bonds is 10. The number of carbonyl (C=O) groups excluding carboxylic acids is 1. The molecule has 0 spiro atoms. The Balaban J connectivity index is 1.51. The number of benzene rings is 2. The summed E-state index contributed by atoms with van der Waals surface area (Å²) in [5, 5.41) is 8.91. The second-order valence-electron chi connectivity index (χ2n) is 8.74. The van der Waals surface area contributed by atoms with Gasteiger partial charge in [0.2, 0.25) is 0 Å². The van der Waals surface area contributed by atoms with E-state index >= 15 is 0 Å². The van der Waals surface area contributed by atoms with E-state index in [1.807, 2.05) is 48.5 Å². The molecule has 2 atom stereocenters. The van der Waals surface area contributed by atoms with Gasteiger partial charge in [0, 0.05) is 17.7 Å². The molecular weight excluding hydrogens is 466 g/mol. The lowest BCUT2D eigenvalue weighted by Gasteiger charge is -2.22. The van der Waals surface area contributed by atoms with Gasteiger partial charge in [-0.15, -0.1) is 0 Å². The number of nitrogens with one attached hydrogen (secondary N) is 1. The van der Waals surface area contributed by atoms with Crippen molar-refractivity contribution in [3.63, 3.8) is 0 Å². The molecular formula is C26H27N3O7. The van der Waals surface area contributed by atoms with Crippen LogP contribution in [0.15, 0.2) is 64.3 Å². The van der Waals surface area contributed by atoms with Crippen molar-refractivity contribution in [2.45, 2.75) is 25.4 Å². The number of aliphatic carboxylic acids is 1. The highest BCUT2D eigenvalue weighted by Crippen LogP contribution is 2.44. The van der Waals surface area contributed by atoms with Gasteiger partial charge in [-0.3, -0.25) is 19.1 Å². The normalized spacial score (nSPS) is 14.1. The quantitative estimate of drug-likeness (QED) is 0.361. The molecule has 3 aromatic rings. The van der Waals surface area contributed by atoms with Crippen molar-refractivity contribution in [2.24, 2.45) is 11.7 Å². The molecule has 1 heterocycles. The van der Waals surface area contributed by atoms with Gasteiger partial charge in [-0.05, 0) is 35.6 Å². The SMILES string of the molecule is Cc1cn(C(N)C[C@@H](COCC(=O)O)C(=O)OCC2c3ccccc3-c3ccccc32)c(=O)[nH]c1=O. The summed E-state index contributed by atoms with van der Waals surface area (Å²) < 4.78 is 12.0. The van der Waals surface area contributed by atoms with Gasteiger partial charge < -0.3 is 20.3 Å². The molecule has 4 N–H and O–H groups in total. The fraction of sp³-hybridized carbons (Fsp3) is 0.308. The van der Waals surface area contributed by atoms with Gasteiger partial charge in [-0.25, -0.2) is 9.59 Å². The van der Waals surface area contributed by atoms with Crippen LogP contribution in [-0.2, 0) is 19.1 Å². The van der Waals surface area contributed by atoms with Gasteiger partial charge in [0.1, 0.15) is 13.2 Å². The Kier molecular flexibility index (Phi) is 7.47. The first-order valence-electron chi connectivity index (χ1n) is 11.5. The smallest absolute Gasteiger partial charge is 0.329 e. The predicted octanol–water partition coefficient (Wildman–Crippen LogP) is 1.77. The van der Waals surface area contributed by atoms with Crippen molar-refractivity contribution in [3.05, 3.63) is 92.3 Å². The minimum Gasteiger partial charge on any atom is -0.480 e. The minimum absolute atomic E-state index is 0.0678. The largest absolute Gasteiger partial charge is 0.480 e. The van der Waals surface area contributed by atoms with Crippen LogP contribution in [0.2, 0.25) is 0 Å². The predicted molar refractivity (Wildman–Crippen MR) is 131 cm³/mol. The lowest BCUT2D eigenvalue weighted by Crippen LogP contribution is -2.39. The number of carboxylic acids is 1. The number of aromatic amines is 1. The van der Waals surface area contributed by atoms with Crippen LogP contribution >= 0.6 is 0 Å². The molecule has 2 aromatic carbocycles. The second-order valence-corrected chi connectivity index (χ2v) is 8.74. The highest BCUT2D eigenvalue weighted by atomic mass is 16.5. The maximum Gasteiger partial charge on any atom is 0.329 e. The first-order valence-corrected chi connectivity index (χ1v) is 11.5. The molecule has 1 aliphatic carbocycles. The molecule has 1 unspecified atom stereocenters. The summed E-state index contributed by atoms with van der Waals surface area (Å²) in [6.07, 6.45) is 0.271. The minimum atomic E-state index is -1.18. The van der Waals surface area contributed by atoms with E-state index < -0.39 is 41.9 Å². The molecule has 4 rings (SSSR count). The van der Waals surface area contributed by atoms with E-state index in [1.54, 1.807) is 0 Å². The van der Waals surface area contributed by atoms with E-state index in [4.69, 9.17) is 20.3 Å². The number of carboxylic acid groups (broad SMARTS) is 1. The number of aryl methyl sites for hydroxylation is 1. The third kappa shape index (κ3) is 5.29. The molecule has 0 saturated heterocycles. The highest BCUT2D eigenvalue weighted by Gasteiger charge is 2.31. The monoisotopic (exact) mass is 493 g/mol. The van der Waals surface area contributed by atoms with Gasteiger partial charge in [-0.1, -0.05) is 48.5 Å². The molecule has 0 aliphatic heterocycles. The molecule has 10 heteroatoms. The van der Waals surface area contributed by atoms with Crippen molar-refractivity contribution >= 4 is 11.9 Å². The number of carbonyl (C=O) groups is 2. The number of H-pyrrole nitrogens is 1. The Hall–Kier alpha value is -4.02. The molecule has 36 heavy (non-hydrogen) atoms. The Morgan fingerprint density at radius 2 is 1.69 bits per heavy atom. The lowest BCUT2D eigenvalue weighted by atomic mass is 9.98. The van der Waals surface area contributed by atoms with Gasteiger partial charge >= 0.3 is 17.6 Å². The summed E-state index contributed by atoms with van der Waals surface area (Å²) in [4.78, 5) is 50.1. The Morgan fingerprint density at radius 1 is 1.08 bits per heavy atom. The lowest BCUT2D eigenvalue weighted by molar-refractivity contribution is -0.154. The van der Waals surface area contributed by atoms with Gasteiger partial charge in [0.25, 0.3) is 5.56 Å². The van der Waals surface area contributed by atoms with Crippen LogP contribution in [0.4, 0.5) is 0 Å².